The van der Waals surface area contributed by atoms with Crippen molar-refractivity contribution in [3.63, 3.8) is 0 Å². The van der Waals surface area contributed by atoms with Gasteiger partial charge >= 0.3 is 0 Å². The number of aromatic amines is 1. The zero-order chi connectivity index (χ0) is 21.2. The number of rotatable bonds is 5. The molecule has 31 heavy (non-hydrogen) atoms. The molecular weight excluding hydrogens is 406 g/mol. The van der Waals surface area contributed by atoms with Gasteiger partial charge < -0.3 is 20.1 Å². The zero-order valence-corrected chi connectivity index (χ0v) is 18.3. The summed E-state index contributed by atoms with van der Waals surface area (Å²) in [5.74, 6) is 1.02. The Hall–Kier alpha value is -3.16. The smallest absolute Gasteiger partial charge is 0.264 e. The third-order valence-electron chi connectivity index (χ3n) is 5.68. The van der Waals surface area contributed by atoms with Crippen LogP contribution in [0.4, 0.5) is 5.69 Å². The molecule has 5 rings (SSSR count). The standard InChI is InChI=1S/C24H25N5OS/c1-28-9-11-29(12-10-28)24(30)22-14-18-13-19(7-8-21(18)31-22)25-15-20-16-26-23(27-20)17-5-3-2-4-6-17/h2-8,13-14,16,25H,9-12,15H2,1H3,(H,26,27). The molecule has 1 saturated heterocycles. The van der Waals surface area contributed by atoms with Gasteiger partial charge in [0.15, 0.2) is 0 Å². The van der Waals surface area contributed by atoms with E-state index in [4.69, 9.17) is 0 Å². The van der Waals surface area contributed by atoms with E-state index in [-0.39, 0.29) is 5.91 Å². The predicted octanol–water partition coefficient (Wildman–Crippen LogP) is 4.29. The summed E-state index contributed by atoms with van der Waals surface area (Å²) in [5, 5.41) is 4.56. The third kappa shape index (κ3) is 4.33. The maximum atomic E-state index is 12.9. The van der Waals surface area contributed by atoms with Crippen LogP contribution >= 0.6 is 11.3 Å². The minimum atomic E-state index is 0.148. The van der Waals surface area contributed by atoms with Gasteiger partial charge in [0.25, 0.3) is 5.91 Å². The van der Waals surface area contributed by atoms with Crippen LogP contribution in [-0.2, 0) is 6.54 Å². The number of hydrogen-bond donors (Lipinski definition) is 2. The molecule has 3 heterocycles. The van der Waals surface area contributed by atoms with Gasteiger partial charge in [0.05, 0.1) is 23.3 Å². The van der Waals surface area contributed by atoms with E-state index in [0.29, 0.717) is 6.54 Å². The first-order valence-corrected chi connectivity index (χ1v) is 11.3. The Morgan fingerprint density at radius 3 is 2.71 bits per heavy atom. The molecule has 7 heteroatoms. The van der Waals surface area contributed by atoms with Gasteiger partial charge in [-0.3, -0.25) is 4.79 Å². The summed E-state index contributed by atoms with van der Waals surface area (Å²) in [5.41, 5.74) is 3.13. The van der Waals surface area contributed by atoms with Crippen LogP contribution in [0.5, 0.6) is 0 Å². The zero-order valence-electron chi connectivity index (χ0n) is 17.5. The van der Waals surface area contributed by atoms with Crippen LogP contribution in [0.15, 0.2) is 60.8 Å². The second kappa shape index (κ2) is 8.53. The highest BCUT2D eigenvalue weighted by atomic mass is 32.1. The molecule has 0 unspecified atom stereocenters. The number of amides is 1. The Bertz CT molecular complexity index is 1190. The van der Waals surface area contributed by atoms with Crippen LogP contribution in [-0.4, -0.2) is 58.9 Å². The van der Waals surface area contributed by atoms with E-state index in [1.54, 1.807) is 11.3 Å². The maximum absolute atomic E-state index is 12.9. The quantitative estimate of drug-likeness (QED) is 0.495. The number of nitrogens with one attached hydrogen (secondary N) is 2. The summed E-state index contributed by atoms with van der Waals surface area (Å²) >= 11 is 1.58. The highest BCUT2D eigenvalue weighted by molar-refractivity contribution is 7.20. The second-order valence-corrected chi connectivity index (χ2v) is 9.02. The molecule has 0 radical (unpaired) electrons. The molecule has 1 amide bonds. The van der Waals surface area contributed by atoms with Gasteiger partial charge in [0, 0.05) is 42.1 Å². The maximum Gasteiger partial charge on any atom is 0.264 e. The van der Waals surface area contributed by atoms with Crippen molar-refractivity contribution in [2.45, 2.75) is 6.54 Å². The van der Waals surface area contributed by atoms with E-state index in [1.807, 2.05) is 47.5 Å². The molecule has 1 aliphatic heterocycles. The molecule has 2 N–H and O–H groups in total. The number of likely N-dealkylation sites (N-methyl/N-ethyl adjacent to an activating group) is 1. The molecule has 4 aromatic rings. The average Bonchev–Trinajstić information content (AvgIpc) is 3.45. The van der Waals surface area contributed by atoms with Crippen molar-refractivity contribution in [2.24, 2.45) is 0 Å². The van der Waals surface area contributed by atoms with E-state index >= 15 is 0 Å². The molecule has 0 spiro atoms. The molecule has 2 aromatic carbocycles. The Morgan fingerprint density at radius 1 is 1.10 bits per heavy atom. The lowest BCUT2D eigenvalue weighted by atomic mass is 10.2. The van der Waals surface area contributed by atoms with Gasteiger partial charge in [0.1, 0.15) is 5.82 Å². The molecule has 2 aromatic heterocycles. The van der Waals surface area contributed by atoms with Crippen molar-refractivity contribution >= 4 is 33.0 Å². The first kappa shape index (κ1) is 19.8. The van der Waals surface area contributed by atoms with Crippen LogP contribution in [0.2, 0.25) is 0 Å². The highest BCUT2D eigenvalue weighted by Gasteiger charge is 2.22. The SMILES string of the molecule is CN1CCN(C(=O)c2cc3cc(NCc4cnc(-c5ccccc5)[nH]4)ccc3s2)CC1. The Kier molecular flexibility index (Phi) is 5.44. The number of hydrogen-bond acceptors (Lipinski definition) is 5. The lowest BCUT2D eigenvalue weighted by Crippen LogP contribution is -2.46. The minimum Gasteiger partial charge on any atom is -0.379 e. The Labute approximate surface area is 185 Å². The van der Waals surface area contributed by atoms with Crippen molar-refractivity contribution in [1.29, 1.82) is 0 Å². The summed E-state index contributed by atoms with van der Waals surface area (Å²) < 4.78 is 1.14. The van der Waals surface area contributed by atoms with Gasteiger partial charge in [-0.15, -0.1) is 11.3 Å². The number of carbonyl (C=O) groups excluding carboxylic acids is 1. The fourth-order valence-electron chi connectivity index (χ4n) is 3.81. The first-order valence-electron chi connectivity index (χ1n) is 10.5. The highest BCUT2D eigenvalue weighted by Crippen LogP contribution is 2.29. The van der Waals surface area contributed by atoms with Crippen LogP contribution < -0.4 is 5.32 Å². The molecule has 0 bridgehead atoms. The normalized spacial score (nSPS) is 14.8. The number of imidazole rings is 1. The molecule has 0 aliphatic carbocycles. The topological polar surface area (TPSA) is 64.3 Å². The van der Waals surface area contributed by atoms with Crippen molar-refractivity contribution < 1.29 is 4.79 Å². The fourth-order valence-corrected chi connectivity index (χ4v) is 4.82. The summed E-state index contributed by atoms with van der Waals surface area (Å²) in [6.07, 6.45) is 1.87. The monoisotopic (exact) mass is 431 g/mol. The largest absolute Gasteiger partial charge is 0.379 e. The van der Waals surface area contributed by atoms with Crippen LogP contribution in [0, 0.1) is 0 Å². The second-order valence-electron chi connectivity index (χ2n) is 7.94. The summed E-state index contributed by atoms with van der Waals surface area (Å²) in [7, 11) is 2.10. The number of nitrogens with zero attached hydrogens (tertiary/aromatic N) is 3. The van der Waals surface area contributed by atoms with Gasteiger partial charge in [-0.25, -0.2) is 4.98 Å². The number of anilines is 1. The first-order chi connectivity index (χ1) is 15.2. The van der Waals surface area contributed by atoms with E-state index in [2.05, 4.69) is 45.4 Å². The summed E-state index contributed by atoms with van der Waals surface area (Å²) in [6.45, 7) is 4.12. The number of fused-ring (bicyclic) bond motifs is 1. The van der Waals surface area contributed by atoms with Crippen molar-refractivity contribution in [2.75, 3.05) is 38.5 Å². The molecule has 158 valence electrons. The van der Waals surface area contributed by atoms with E-state index in [0.717, 1.165) is 63.9 Å². The summed E-state index contributed by atoms with van der Waals surface area (Å²) in [6, 6.07) is 18.4. The molecule has 1 aliphatic rings. The van der Waals surface area contributed by atoms with E-state index < -0.39 is 0 Å². The van der Waals surface area contributed by atoms with E-state index in [9.17, 15) is 4.79 Å². The lowest BCUT2D eigenvalue weighted by molar-refractivity contribution is 0.0669. The van der Waals surface area contributed by atoms with Gasteiger partial charge in [-0.1, -0.05) is 30.3 Å². The molecule has 0 saturated carbocycles. The number of carbonyl (C=O) groups is 1. The number of thiophene rings is 1. The summed E-state index contributed by atoms with van der Waals surface area (Å²) in [4.78, 5) is 25.8. The Balaban J connectivity index is 1.26. The predicted molar refractivity (Wildman–Crippen MR) is 127 cm³/mol. The number of benzene rings is 2. The average molecular weight is 432 g/mol. The number of aromatic nitrogens is 2. The molecule has 1 fully saturated rings. The molecule has 6 nitrogen and oxygen atoms in total. The van der Waals surface area contributed by atoms with Crippen molar-refractivity contribution in [3.05, 3.63) is 71.4 Å². The third-order valence-corrected chi connectivity index (χ3v) is 6.78. The van der Waals surface area contributed by atoms with Crippen LogP contribution in [0.3, 0.4) is 0 Å². The fraction of sp³-hybridized carbons (Fsp3) is 0.250. The van der Waals surface area contributed by atoms with Crippen LogP contribution in [0.1, 0.15) is 15.4 Å². The van der Waals surface area contributed by atoms with Crippen LogP contribution in [0.25, 0.3) is 21.5 Å². The number of piperazine rings is 1. The lowest BCUT2D eigenvalue weighted by Gasteiger charge is -2.32. The number of H-pyrrole nitrogens is 1. The van der Waals surface area contributed by atoms with Crippen molar-refractivity contribution in [1.82, 2.24) is 19.8 Å². The van der Waals surface area contributed by atoms with Crippen molar-refractivity contribution in [3.8, 4) is 11.4 Å². The van der Waals surface area contributed by atoms with E-state index in [1.165, 1.54) is 0 Å². The van der Waals surface area contributed by atoms with Gasteiger partial charge in [-0.05, 0) is 36.7 Å². The minimum absolute atomic E-state index is 0.148. The Morgan fingerprint density at radius 2 is 1.90 bits per heavy atom. The molecule has 0 atom stereocenters. The van der Waals surface area contributed by atoms with Gasteiger partial charge in [0.2, 0.25) is 0 Å². The molecular formula is C24H25N5OS. The van der Waals surface area contributed by atoms with Gasteiger partial charge in [-0.2, -0.15) is 0 Å².